The van der Waals surface area contributed by atoms with Gasteiger partial charge in [0.05, 0.1) is 36.4 Å². The summed E-state index contributed by atoms with van der Waals surface area (Å²) in [5, 5.41) is 45.6. The minimum atomic E-state index is -2.39. The van der Waals surface area contributed by atoms with E-state index in [2.05, 4.69) is 186 Å². The van der Waals surface area contributed by atoms with Gasteiger partial charge in [0.2, 0.25) is 17.7 Å². The van der Waals surface area contributed by atoms with Crippen LogP contribution in [0.3, 0.4) is 0 Å². The van der Waals surface area contributed by atoms with E-state index in [4.69, 9.17) is 8.85 Å². The first kappa shape index (κ1) is 100. The topological polar surface area (TPSA) is 185 Å². The molecule has 119 heavy (non-hydrogen) atoms. The van der Waals surface area contributed by atoms with Gasteiger partial charge in [-0.2, -0.15) is 0 Å². The lowest BCUT2D eigenvalue weighted by molar-refractivity contribution is -0.121. The highest BCUT2D eigenvalue weighted by Gasteiger charge is 2.46. The SMILES string of the molecule is CCCCc1cc(CC)cc2c1CCC[C@@H]2N(C[C@@H](O[Si](C)(C)C(C)(C)C)[C@H](Cc1cc(F)cc(F)c1)NC(C)=O)B(C)O.CCCCc1cc(CC)cc2c1CCC[C@@H]2NC[C@@H](O)[C@H](Cc1cc(F)cc(F)c1)NC(C)=O.CCc1cc(Br)c2c(c1)[C@@H](N(C[C@@H](O[Si](C)(C)C(C)(C)C)[C@H](Cc1cc(F)cc(F)c1)NC(C)=O)B(C)O)CCC2. The molecule has 3 amide bonds. The molecule has 3 aliphatic rings. The van der Waals surface area contributed by atoms with Gasteiger partial charge in [-0.1, -0.05) is 135 Å². The third kappa shape index (κ3) is 29.3. The number of rotatable bonds is 36. The van der Waals surface area contributed by atoms with E-state index in [-0.39, 0.29) is 71.7 Å². The Kier molecular flexibility index (Phi) is 38.4. The molecule has 0 spiro atoms. The molecule has 0 aliphatic heterocycles. The van der Waals surface area contributed by atoms with Crippen molar-refractivity contribution in [1.29, 1.82) is 0 Å². The van der Waals surface area contributed by atoms with E-state index in [1.807, 2.05) is 0 Å². The molecule has 0 fully saturated rings. The first-order valence-corrected chi connectivity index (χ1v) is 50.4. The van der Waals surface area contributed by atoms with E-state index in [0.717, 1.165) is 125 Å². The van der Waals surface area contributed by atoms with E-state index in [1.54, 1.807) is 13.6 Å². The Hall–Kier alpha value is -5.97. The van der Waals surface area contributed by atoms with Gasteiger partial charge in [0.25, 0.3) is 0 Å². The van der Waals surface area contributed by atoms with Crippen LogP contribution in [0, 0.1) is 34.9 Å². The average molecular weight is 1750 g/mol. The third-order valence-corrected chi connectivity index (χ3v) is 34.8. The molecule has 0 heterocycles. The van der Waals surface area contributed by atoms with Crippen LogP contribution in [0.25, 0.3) is 0 Å². The second kappa shape index (κ2) is 45.6. The van der Waals surface area contributed by atoms with E-state index in [9.17, 15) is 55.9 Å². The number of aliphatic hydroxyl groups excluding tert-OH is 1. The van der Waals surface area contributed by atoms with Gasteiger partial charge in [0.15, 0.2) is 16.6 Å². The summed E-state index contributed by atoms with van der Waals surface area (Å²) in [6, 6.07) is 22.3. The normalized spacial score (nSPS) is 17.1. The van der Waals surface area contributed by atoms with Gasteiger partial charge in [-0.25, -0.2) is 26.3 Å². The molecule has 3 aliphatic carbocycles. The summed E-state index contributed by atoms with van der Waals surface area (Å²) in [7, 11) is -6.33. The summed E-state index contributed by atoms with van der Waals surface area (Å²) < 4.78 is 99.3. The summed E-state index contributed by atoms with van der Waals surface area (Å²) in [4.78, 5) is 41.0. The number of hydrogen-bond donors (Lipinski definition) is 7. The number of benzene rings is 6. The van der Waals surface area contributed by atoms with Crippen molar-refractivity contribution in [3.05, 3.63) is 208 Å². The van der Waals surface area contributed by atoms with Crippen LogP contribution < -0.4 is 21.3 Å². The number of unbranched alkanes of at least 4 members (excludes halogenated alkanes) is 2. The zero-order valence-corrected chi connectivity index (χ0v) is 78.5. The second-order valence-electron chi connectivity index (χ2n) is 36.7. The maximum atomic E-state index is 14.2. The van der Waals surface area contributed by atoms with Gasteiger partial charge in [-0.15, -0.1) is 0 Å². The summed E-state index contributed by atoms with van der Waals surface area (Å²) >= 11 is 3.79. The number of hydrogen-bond acceptors (Lipinski definition) is 11. The fourth-order valence-corrected chi connectivity index (χ4v) is 20.2. The van der Waals surface area contributed by atoms with Crippen LogP contribution in [0.15, 0.2) is 95.5 Å². The van der Waals surface area contributed by atoms with Gasteiger partial charge >= 0.3 is 14.1 Å². The molecule has 0 radical (unpaired) electrons. The number of aryl methyl sites for hydroxylation is 5. The third-order valence-electron chi connectivity index (χ3n) is 25.1. The van der Waals surface area contributed by atoms with Crippen molar-refractivity contribution in [1.82, 2.24) is 30.9 Å². The van der Waals surface area contributed by atoms with Crippen LogP contribution in [0.2, 0.25) is 49.9 Å². The smallest absolute Gasteiger partial charge is 0.377 e. The highest BCUT2D eigenvalue weighted by atomic mass is 79.9. The van der Waals surface area contributed by atoms with Gasteiger partial charge in [-0.3, -0.25) is 14.4 Å². The van der Waals surface area contributed by atoms with Crippen molar-refractivity contribution in [2.24, 2.45) is 0 Å². The lowest BCUT2D eigenvalue weighted by Crippen LogP contribution is -2.58. The van der Waals surface area contributed by atoms with Crippen LogP contribution in [-0.4, -0.2) is 129 Å². The van der Waals surface area contributed by atoms with Crippen molar-refractivity contribution in [2.75, 3.05) is 19.6 Å². The first-order valence-electron chi connectivity index (χ1n) is 43.8. The molecule has 7 N–H and O–H groups in total. The van der Waals surface area contributed by atoms with Crippen molar-refractivity contribution in [2.45, 2.75) is 336 Å². The zero-order valence-electron chi connectivity index (χ0n) is 74.9. The lowest BCUT2D eigenvalue weighted by atomic mass is 9.75. The van der Waals surface area contributed by atoms with Gasteiger partial charge in [0.1, 0.15) is 34.9 Å². The molecule has 0 saturated heterocycles. The van der Waals surface area contributed by atoms with Crippen LogP contribution in [0.5, 0.6) is 0 Å². The Morgan fingerprint density at radius 3 is 1.17 bits per heavy atom. The Bertz CT molecular complexity index is 4260. The highest BCUT2D eigenvalue weighted by Crippen LogP contribution is 2.45. The van der Waals surface area contributed by atoms with Crippen molar-refractivity contribution >= 4 is 64.4 Å². The summed E-state index contributed by atoms with van der Waals surface area (Å²) in [5.41, 5.74) is 16.0. The predicted molar refractivity (Wildman–Crippen MR) is 482 cm³/mol. The lowest BCUT2D eigenvalue weighted by Gasteiger charge is -2.45. The molecule has 0 saturated carbocycles. The maximum absolute atomic E-state index is 14.2. The fraction of sp³-hybridized carbons (Fsp3) is 0.585. The van der Waals surface area contributed by atoms with Crippen LogP contribution >= 0.6 is 15.9 Å². The van der Waals surface area contributed by atoms with Gasteiger partial charge in [0, 0.05) is 81.2 Å². The highest BCUT2D eigenvalue weighted by molar-refractivity contribution is 9.10. The molecule has 14 nitrogen and oxygen atoms in total. The van der Waals surface area contributed by atoms with E-state index in [0.29, 0.717) is 29.8 Å². The minimum absolute atomic E-state index is 0.0132. The Morgan fingerprint density at radius 2 is 0.815 bits per heavy atom. The van der Waals surface area contributed by atoms with Crippen molar-refractivity contribution in [3.8, 4) is 0 Å². The van der Waals surface area contributed by atoms with Gasteiger partial charge < -0.3 is 54.9 Å². The van der Waals surface area contributed by atoms with Gasteiger partial charge in [-0.05, 0) is 292 Å². The molecule has 656 valence electrons. The molecule has 6 aromatic carbocycles. The number of carbonyl (C=O) groups is 3. The molecular weight excluding hydrogens is 1610 g/mol. The largest absolute Gasteiger partial charge is 0.437 e. The van der Waals surface area contributed by atoms with E-state index < -0.39 is 102 Å². The van der Waals surface area contributed by atoms with Crippen LogP contribution in [0.4, 0.5) is 26.3 Å². The number of aliphatic hydroxyl groups is 1. The molecule has 0 aromatic heterocycles. The molecule has 0 unspecified atom stereocenters. The Labute approximate surface area is 719 Å². The van der Waals surface area contributed by atoms with E-state index in [1.165, 1.54) is 131 Å². The first-order chi connectivity index (χ1) is 55.9. The molecule has 9 rings (SSSR count). The number of fused-ring (bicyclic) bond motifs is 3. The molecule has 25 heteroatoms. The second-order valence-corrected chi connectivity index (χ2v) is 47.0. The van der Waals surface area contributed by atoms with Crippen LogP contribution in [-0.2, 0) is 93.9 Å². The molecular formula is C94H139B2BrF6N6O8Si2. The fourth-order valence-electron chi connectivity index (χ4n) is 16.8. The average Bonchev–Trinajstić information content (AvgIpc) is 0.780. The molecule has 6 aromatic rings. The monoisotopic (exact) mass is 1750 g/mol. The zero-order chi connectivity index (χ0) is 88.2. The Morgan fingerprint density at radius 1 is 0.487 bits per heavy atom. The summed E-state index contributed by atoms with van der Waals surface area (Å²) in [6.45, 7) is 41.3. The standard InChI is InChI=1S/C35H55BF2N2O3Si.C31H46BBrF2N2O3Si.C28H38F2N2O2/c1-10-12-14-27-17-25(11-2)20-31-30(27)15-13-16-33(31)40(36(7)42)23-34(43-44(8,9)35(4,5)6)32(39-24(3)41)21-26-18-28(37)22-29(38)19-26;1-9-21-15-26-25(27(33)16-21)11-10-12-29(26)37(32(6)39)19-30(40-41(7,8)31(3,4)5)28(36-20(2)38)17-22-13-23(34)18-24(35)14-22;1-4-6-8-21-11-19(5-2)14-25-24(21)9-7-10-26(25)31-17-28(34)27(32-18(3)33)15-20-12-22(29)16-23(30)13-20/h17-20,22,32-34,42H,10-16,21,23H2,1-9H3,(H,39,41);13-16,18,28-30,39H,9-12,17,19H2,1-8H3,(H,36,38);11-14,16,26-28,31,34H,4-10,15,17H2,1-3H3,(H,32,33)/t32-,33-,34+;28-,29-,30+;26-,27-,28+/m000/s1. The summed E-state index contributed by atoms with van der Waals surface area (Å²) in [6.07, 6.45) is 17.1. The van der Waals surface area contributed by atoms with Crippen LogP contribution in [0.1, 0.15) is 257 Å². The van der Waals surface area contributed by atoms with Crippen molar-refractivity contribution < 1.29 is 64.7 Å². The number of halogens is 7. The molecule has 9 atom stereocenters. The molecule has 0 bridgehead atoms. The maximum Gasteiger partial charge on any atom is 0.377 e. The predicted octanol–water partition coefficient (Wildman–Crippen LogP) is 20.0. The summed E-state index contributed by atoms with van der Waals surface area (Å²) in [5.74, 6) is -4.76. The van der Waals surface area contributed by atoms with Crippen molar-refractivity contribution in [3.63, 3.8) is 0 Å². The number of amides is 3. The number of nitrogens with zero attached hydrogens (tertiary/aromatic N) is 2. The number of carbonyl (C=O) groups excluding carboxylic acids is 3. The quantitative estimate of drug-likeness (QED) is 0.0147. The van der Waals surface area contributed by atoms with E-state index >= 15 is 0 Å². The Balaban J connectivity index is 0.000000248. The minimum Gasteiger partial charge on any atom is -0.437 e. The number of nitrogens with one attached hydrogen (secondary N) is 4.